The summed E-state index contributed by atoms with van der Waals surface area (Å²) >= 11 is 1.14. The van der Waals surface area contributed by atoms with Gasteiger partial charge in [-0.05, 0) is 18.9 Å². The first-order valence-corrected chi connectivity index (χ1v) is 10.0. The standard InChI is InChI=1S/C15H20N4O3S2/c1-16-15(20)13-9-12(10-23-13)24(21,22)19-6-3-11(4-7-19)14-17-5-8-18(14)2/h5,8-11H,3-4,6-7H2,1-2H3,(H,16,20). The molecule has 1 aliphatic rings. The smallest absolute Gasteiger partial charge is 0.261 e. The Kier molecular flexibility index (Phi) is 4.75. The zero-order chi connectivity index (χ0) is 17.3. The van der Waals surface area contributed by atoms with E-state index in [9.17, 15) is 13.2 Å². The van der Waals surface area contributed by atoms with Crippen LogP contribution in [0.5, 0.6) is 0 Å². The molecule has 0 atom stereocenters. The van der Waals surface area contributed by atoms with Crippen molar-refractivity contribution in [1.82, 2.24) is 19.2 Å². The molecule has 3 heterocycles. The number of nitrogens with zero attached hydrogens (tertiary/aromatic N) is 3. The molecule has 1 fully saturated rings. The Morgan fingerprint density at radius 2 is 2.08 bits per heavy atom. The van der Waals surface area contributed by atoms with E-state index < -0.39 is 10.0 Å². The Hall–Kier alpha value is -1.71. The molecule has 0 spiro atoms. The maximum absolute atomic E-state index is 12.8. The van der Waals surface area contributed by atoms with E-state index in [1.165, 1.54) is 22.8 Å². The van der Waals surface area contributed by atoms with E-state index in [1.54, 1.807) is 6.20 Å². The lowest BCUT2D eigenvalue weighted by atomic mass is 9.97. The predicted molar refractivity (Wildman–Crippen MR) is 91.7 cm³/mol. The van der Waals surface area contributed by atoms with Crippen LogP contribution in [0.1, 0.15) is 34.3 Å². The minimum atomic E-state index is -3.55. The highest BCUT2D eigenvalue weighted by atomic mass is 32.2. The summed E-state index contributed by atoms with van der Waals surface area (Å²) in [7, 11) is -0.0669. The molecule has 0 bridgehead atoms. The number of hydrogen-bond acceptors (Lipinski definition) is 5. The van der Waals surface area contributed by atoms with Crippen molar-refractivity contribution in [2.45, 2.75) is 23.7 Å². The summed E-state index contributed by atoms with van der Waals surface area (Å²) in [4.78, 5) is 16.6. The van der Waals surface area contributed by atoms with Crippen LogP contribution in [0.25, 0.3) is 0 Å². The lowest BCUT2D eigenvalue weighted by Crippen LogP contribution is -2.38. The second kappa shape index (κ2) is 6.66. The van der Waals surface area contributed by atoms with Gasteiger partial charge >= 0.3 is 0 Å². The Balaban J connectivity index is 1.72. The lowest BCUT2D eigenvalue weighted by Gasteiger charge is -2.30. The van der Waals surface area contributed by atoms with Gasteiger partial charge in [0, 0.05) is 50.9 Å². The molecule has 1 saturated heterocycles. The number of hydrogen-bond donors (Lipinski definition) is 1. The van der Waals surface area contributed by atoms with Crippen molar-refractivity contribution in [1.29, 1.82) is 0 Å². The zero-order valence-corrected chi connectivity index (χ0v) is 15.2. The summed E-state index contributed by atoms with van der Waals surface area (Å²) in [5, 5.41) is 4.04. The van der Waals surface area contributed by atoms with Crippen LogP contribution in [-0.4, -0.2) is 48.3 Å². The molecule has 2 aromatic rings. The van der Waals surface area contributed by atoms with Gasteiger partial charge < -0.3 is 9.88 Å². The monoisotopic (exact) mass is 368 g/mol. The summed E-state index contributed by atoms with van der Waals surface area (Å²) in [6.45, 7) is 0.927. The average molecular weight is 368 g/mol. The van der Waals surface area contributed by atoms with Gasteiger partial charge in [-0.2, -0.15) is 4.31 Å². The summed E-state index contributed by atoms with van der Waals surface area (Å²) in [5.41, 5.74) is 0. The number of aromatic nitrogens is 2. The maximum Gasteiger partial charge on any atom is 0.261 e. The number of piperidine rings is 1. The van der Waals surface area contributed by atoms with Crippen molar-refractivity contribution in [3.63, 3.8) is 0 Å². The van der Waals surface area contributed by atoms with E-state index in [2.05, 4.69) is 10.3 Å². The van der Waals surface area contributed by atoms with Crippen LogP contribution in [0, 0.1) is 0 Å². The summed E-state index contributed by atoms with van der Waals surface area (Å²) in [6, 6.07) is 1.45. The molecule has 1 amide bonds. The fourth-order valence-electron chi connectivity index (χ4n) is 2.97. The first-order chi connectivity index (χ1) is 11.4. The Labute approximate surface area is 145 Å². The third-order valence-corrected chi connectivity index (χ3v) is 7.30. The normalized spacial score (nSPS) is 17.1. The van der Waals surface area contributed by atoms with Crippen molar-refractivity contribution in [3.8, 4) is 0 Å². The zero-order valence-electron chi connectivity index (χ0n) is 13.6. The molecule has 0 radical (unpaired) electrons. The summed E-state index contributed by atoms with van der Waals surface area (Å²) < 4.78 is 29.0. The quantitative estimate of drug-likeness (QED) is 0.884. The highest BCUT2D eigenvalue weighted by molar-refractivity contribution is 7.89. The van der Waals surface area contributed by atoms with E-state index in [0.717, 1.165) is 30.0 Å². The van der Waals surface area contributed by atoms with Gasteiger partial charge in [-0.3, -0.25) is 4.79 Å². The first-order valence-electron chi connectivity index (χ1n) is 7.71. The van der Waals surface area contributed by atoms with E-state index in [-0.39, 0.29) is 16.7 Å². The maximum atomic E-state index is 12.8. The summed E-state index contributed by atoms with van der Waals surface area (Å²) in [5.74, 6) is 1.01. The number of nitrogens with one attached hydrogen (secondary N) is 1. The van der Waals surface area contributed by atoms with Gasteiger partial charge in [-0.15, -0.1) is 11.3 Å². The van der Waals surface area contributed by atoms with Crippen LogP contribution in [0.2, 0.25) is 0 Å². The number of carbonyl (C=O) groups is 1. The third-order valence-electron chi connectivity index (χ3n) is 4.34. The van der Waals surface area contributed by atoms with Crippen molar-refractivity contribution >= 4 is 27.3 Å². The fourth-order valence-corrected chi connectivity index (χ4v) is 5.65. The average Bonchev–Trinajstić information content (AvgIpc) is 3.23. The van der Waals surface area contributed by atoms with Gasteiger partial charge in [0.15, 0.2) is 0 Å². The van der Waals surface area contributed by atoms with Gasteiger partial charge in [0.2, 0.25) is 10.0 Å². The Bertz CT molecular complexity index is 833. The van der Waals surface area contributed by atoms with E-state index in [1.807, 2.05) is 17.8 Å². The molecule has 24 heavy (non-hydrogen) atoms. The number of aryl methyl sites for hydroxylation is 1. The number of sulfonamides is 1. The number of amides is 1. The molecule has 0 unspecified atom stereocenters. The second-order valence-electron chi connectivity index (χ2n) is 5.80. The molecule has 9 heteroatoms. The molecule has 0 aliphatic carbocycles. The summed E-state index contributed by atoms with van der Waals surface area (Å²) in [6.07, 6.45) is 5.17. The molecule has 1 N–H and O–H groups in total. The van der Waals surface area contributed by atoms with Crippen LogP contribution in [0.15, 0.2) is 28.7 Å². The minimum absolute atomic E-state index is 0.196. The number of rotatable bonds is 4. The van der Waals surface area contributed by atoms with Gasteiger partial charge in [-0.1, -0.05) is 0 Å². The van der Waals surface area contributed by atoms with Crippen LogP contribution < -0.4 is 5.32 Å². The number of carbonyl (C=O) groups excluding carboxylic acids is 1. The van der Waals surface area contributed by atoms with E-state index in [0.29, 0.717) is 18.0 Å². The van der Waals surface area contributed by atoms with Gasteiger partial charge in [0.25, 0.3) is 5.91 Å². The molecule has 0 saturated carbocycles. The number of imidazole rings is 1. The van der Waals surface area contributed by atoms with E-state index in [4.69, 9.17) is 0 Å². The molecule has 3 rings (SSSR count). The van der Waals surface area contributed by atoms with E-state index >= 15 is 0 Å². The van der Waals surface area contributed by atoms with Crippen molar-refractivity contribution in [2.24, 2.45) is 7.05 Å². The Morgan fingerprint density at radius 3 is 2.67 bits per heavy atom. The Morgan fingerprint density at radius 1 is 1.38 bits per heavy atom. The van der Waals surface area contributed by atoms with Crippen LogP contribution in [0.4, 0.5) is 0 Å². The largest absolute Gasteiger partial charge is 0.354 e. The van der Waals surface area contributed by atoms with Gasteiger partial charge in [-0.25, -0.2) is 13.4 Å². The van der Waals surface area contributed by atoms with Gasteiger partial charge in [0.1, 0.15) is 5.82 Å². The lowest BCUT2D eigenvalue weighted by molar-refractivity contribution is 0.0967. The molecule has 2 aromatic heterocycles. The van der Waals surface area contributed by atoms with Crippen molar-refractivity contribution in [3.05, 3.63) is 34.5 Å². The molecular weight excluding hydrogens is 348 g/mol. The molecule has 1 aliphatic heterocycles. The molecule has 7 nitrogen and oxygen atoms in total. The molecule has 0 aromatic carbocycles. The van der Waals surface area contributed by atoms with Crippen LogP contribution in [-0.2, 0) is 17.1 Å². The van der Waals surface area contributed by atoms with Crippen LogP contribution >= 0.6 is 11.3 Å². The minimum Gasteiger partial charge on any atom is -0.354 e. The highest BCUT2D eigenvalue weighted by Gasteiger charge is 2.32. The molecular formula is C15H20N4O3S2. The predicted octanol–water partition coefficient (Wildman–Crippen LogP) is 1.41. The second-order valence-corrected chi connectivity index (χ2v) is 8.65. The first kappa shape index (κ1) is 17.1. The van der Waals surface area contributed by atoms with Crippen LogP contribution in [0.3, 0.4) is 0 Å². The fraction of sp³-hybridized carbons (Fsp3) is 0.467. The number of thiophene rings is 1. The third kappa shape index (κ3) is 3.11. The highest BCUT2D eigenvalue weighted by Crippen LogP contribution is 2.30. The van der Waals surface area contributed by atoms with Crippen molar-refractivity contribution in [2.75, 3.05) is 20.1 Å². The topological polar surface area (TPSA) is 84.3 Å². The van der Waals surface area contributed by atoms with Crippen molar-refractivity contribution < 1.29 is 13.2 Å². The van der Waals surface area contributed by atoms with Gasteiger partial charge in [0.05, 0.1) is 9.77 Å². The molecule has 130 valence electrons. The SMILES string of the molecule is CNC(=O)c1cc(S(=O)(=O)N2CCC(c3nccn3C)CC2)cs1.